The van der Waals surface area contributed by atoms with Crippen LogP contribution in [-0.4, -0.2) is 21.4 Å². The van der Waals surface area contributed by atoms with Gasteiger partial charge in [0.15, 0.2) is 0 Å². The Morgan fingerprint density at radius 2 is 1.57 bits per heavy atom. The Labute approximate surface area is 126 Å². The first-order valence-electron chi connectivity index (χ1n) is 5.50. The average molecular weight is 348 g/mol. The van der Waals surface area contributed by atoms with E-state index in [4.69, 9.17) is 21.9 Å². The minimum absolute atomic E-state index is 0.0286. The zero-order valence-electron chi connectivity index (χ0n) is 10.4. The molecule has 0 amide bonds. The summed E-state index contributed by atoms with van der Waals surface area (Å²) in [6.45, 7) is 0. The van der Waals surface area contributed by atoms with E-state index in [2.05, 4.69) is 0 Å². The number of anilines is 1. The number of nitrogens with two attached hydrogens (primary N) is 1. The fraction of sp³-hybridized carbons (Fsp3) is 0. The molecule has 2 aromatic rings. The van der Waals surface area contributed by atoms with E-state index in [1.165, 1.54) is 18.2 Å². The minimum atomic E-state index is -4.64. The fourth-order valence-corrected chi connectivity index (χ4v) is 4.19. The molecule has 9 heteroatoms. The van der Waals surface area contributed by atoms with Crippen LogP contribution in [0.4, 0.5) is 5.69 Å². The monoisotopic (exact) mass is 347 g/mol. The molecule has 0 saturated carbocycles. The predicted molar refractivity (Wildman–Crippen MR) is 77.6 cm³/mol. The Kier molecular flexibility index (Phi) is 3.98. The maximum Gasteiger partial charge on any atom is 0.296 e. The summed E-state index contributed by atoms with van der Waals surface area (Å²) in [4.78, 5) is -1.18. The third-order valence-electron chi connectivity index (χ3n) is 2.70. The van der Waals surface area contributed by atoms with Crippen molar-refractivity contribution >= 4 is 37.2 Å². The summed E-state index contributed by atoms with van der Waals surface area (Å²) in [5.74, 6) is 0. The van der Waals surface area contributed by atoms with Gasteiger partial charge in [-0.1, -0.05) is 23.7 Å². The van der Waals surface area contributed by atoms with E-state index in [9.17, 15) is 16.8 Å². The molecule has 2 rings (SSSR count). The van der Waals surface area contributed by atoms with Gasteiger partial charge in [0.2, 0.25) is 9.84 Å². The summed E-state index contributed by atoms with van der Waals surface area (Å²) < 4.78 is 56.3. The first-order chi connectivity index (χ1) is 9.64. The zero-order chi connectivity index (χ0) is 15.8. The highest BCUT2D eigenvalue weighted by Gasteiger charge is 2.24. The summed E-state index contributed by atoms with van der Waals surface area (Å²) in [5.41, 5.74) is 5.65. The Morgan fingerprint density at radius 1 is 0.952 bits per heavy atom. The van der Waals surface area contributed by atoms with Gasteiger partial charge in [-0.3, -0.25) is 4.55 Å². The van der Waals surface area contributed by atoms with E-state index < -0.39 is 24.9 Å². The number of sulfone groups is 1. The van der Waals surface area contributed by atoms with Gasteiger partial charge in [-0.15, -0.1) is 0 Å². The Bertz CT molecular complexity index is 907. The van der Waals surface area contributed by atoms with Crippen molar-refractivity contribution in [2.24, 2.45) is 0 Å². The van der Waals surface area contributed by atoms with E-state index in [1.807, 2.05) is 0 Å². The lowest BCUT2D eigenvalue weighted by molar-refractivity contribution is 0.483. The third kappa shape index (κ3) is 3.03. The first-order valence-corrected chi connectivity index (χ1v) is 8.81. The molecule has 6 nitrogen and oxygen atoms in total. The molecule has 2 aromatic carbocycles. The summed E-state index contributed by atoms with van der Waals surface area (Å²) in [6, 6.07) is 8.77. The van der Waals surface area contributed by atoms with Crippen molar-refractivity contribution in [3.8, 4) is 0 Å². The quantitative estimate of drug-likeness (QED) is 0.648. The highest BCUT2D eigenvalue weighted by molar-refractivity contribution is 7.91. The number of para-hydroxylation sites is 1. The molecule has 0 fully saturated rings. The number of halogens is 1. The Morgan fingerprint density at radius 3 is 2.14 bits per heavy atom. The van der Waals surface area contributed by atoms with Gasteiger partial charge in [0, 0.05) is 0 Å². The van der Waals surface area contributed by atoms with Gasteiger partial charge >= 0.3 is 0 Å². The Hall–Kier alpha value is -1.61. The smallest absolute Gasteiger partial charge is 0.296 e. The average Bonchev–Trinajstić information content (AvgIpc) is 2.37. The van der Waals surface area contributed by atoms with Crippen LogP contribution in [0.25, 0.3) is 0 Å². The van der Waals surface area contributed by atoms with E-state index in [-0.39, 0.29) is 20.5 Å². The van der Waals surface area contributed by atoms with Crippen molar-refractivity contribution in [3.63, 3.8) is 0 Å². The van der Waals surface area contributed by atoms with Crippen molar-refractivity contribution in [2.45, 2.75) is 14.7 Å². The van der Waals surface area contributed by atoms with Crippen LogP contribution in [0, 0.1) is 0 Å². The van der Waals surface area contributed by atoms with Crippen LogP contribution in [0.1, 0.15) is 0 Å². The summed E-state index contributed by atoms with van der Waals surface area (Å²) in [5, 5.41) is -0.280. The van der Waals surface area contributed by atoms with Crippen molar-refractivity contribution in [2.75, 3.05) is 5.73 Å². The second-order valence-electron chi connectivity index (χ2n) is 4.11. The number of hydrogen-bond donors (Lipinski definition) is 2. The van der Waals surface area contributed by atoms with Crippen LogP contribution in [0.2, 0.25) is 5.02 Å². The van der Waals surface area contributed by atoms with Crippen molar-refractivity contribution in [1.29, 1.82) is 0 Å². The number of nitrogen functional groups attached to an aromatic ring is 1. The fourth-order valence-electron chi connectivity index (χ4n) is 1.70. The maximum absolute atomic E-state index is 12.4. The van der Waals surface area contributed by atoms with E-state index >= 15 is 0 Å². The number of benzene rings is 2. The van der Waals surface area contributed by atoms with Crippen LogP contribution in [0.3, 0.4) is 0 Å². The molecule has 0 aliphatic carbocycles. The predicted octanol–water partition coefficient (Wildman–Crippen LogP) is 2.00. The van der Waals surface area contributed by atoms with Gasteiger partial charge in [-0.2, -0.15) is 8.42 Å². The molecule has 112 valence electrons. The minimum Gasteiger partial charge on any atom is -0.398 e. The van der Waals surface area contributed by atoms with Crippen LogP contribution in [0.15, 0.2) is 57.2 Å². The van der Waals surface area contributed by atoms with Gasteiger partial charge in [-0.25, -0.2) is 8.42 Å². The van der Waals surface area contributed by atoms with Gasteiger partial charge in [0.1, 0.15) is 4.90 Å². The van der Waals surface area contributed by atoms with Gasteiger partial charge < -0.3 is 5.73 Å². The first kappa shape index (κ1) is 15.8. The summed E-state index contributed by atoms with van der Waals surface area (Å²) in [6.07, 6.45) is 0. The molecule has 0 aliphatic rings. The zero-order valence-corrected chi connectivity index (χ0v) is 12.8. The molecular formula is C12H10ClNO5S2. The van der Waals surface area contributed by atoms with E-state index in [0.29, 0.717) is 0 Å². The second kappa shape index (κ2) is 5.30. The van der Waals surface area contributed by atoms with Crippen LogP contribution in [-0.2, 0) is 20.0 Å². The van der Waals surface area contributed by atoms with Crippen LogP contribution < -0.4 is 5.73 Å². The summed E-state index contributed by atoms with van der Waals surface area (Å²) >= 11 is 5.65. The van der Waals surface area contributed by atoms with Gasteiger partial charge in [-0.05, 0) is 30.3 Å². The lowest BCUT2D eigenvalue weighted by atomic mass is 10.3. The maximum atomic E-state index is 12.4. The molecule has 0 unspecified atom stereocenters. The molecule has 21 heavy (non-hydrogen) atoms. The largest absolute Gasteiger partial charge is 0.398 e. The van der Waals surface area contributed by atoms with Crippen molar-refractivity contribution < 1.29 is 21.4 Å². The molecular weight excluding hydrogens is 338 g/mol. The molecule has 0 aliphatic heterocycles. The normalized spacial score (nSPS) is 12.3. The van der Waals surface area contributed by atoms with Gasteiger partial charge in [0.05, 0.1) is 20.5 Å². The third-order valence-corrected chi connectivity index (χ3v) is 5.86. The van der Waals surface area contributed by atoms with E-state index in [0.717, 1.165) is 18.2 Å². The lowest BCUT2D eigenvalue weighted by Gasteiger charge is -2.09. The Balaban J connectivity index is 2.71. The molecule has 0 aromatic heterocycles. The molecule has 0 heterocycles. The highest BCUT2D eigenvalue weighted by atomic mass is 35.5. The molecule has 0 saturated heterocycles. The molecule has 0 spiro atoms. The lowest BCUT2D eigenvalue weighted by Crippen LogP contribution is -2.07. The standard InChI is InChI=1S/C12H10ClNO5S2/c13-9-6-5-8(7-12(9)21(17,18)19)20(15,16)11-4-2-1-3-10(11)14/h1-7H,14H2,(H,17,18,19). The number of rotatable bonds is 3. The topological polar surface area (TPSA) is 115 Å². The van der Waals surface area contributed by atoms with Crippen LogP contribution in [0.5, 0.6) is 0 Å². The van der Waals surface area contributed by atoms with E-state index in [1.54, 1.807) is 6.07 Å². The highest BCUT2D eigenvalue weighted by Crippen LogP contribution is 2.30. The summed E-state index contributed by atoms with van der Waals surface area (Å²) in [7, 11) is -8.66. The van der Waals surface area contributed by atoms with Crippen molar-refractivity contribution in [1.82, 2.24) is 0 Å². The molecule has 0 radical (unpaired) electrons. The molecule has 0 atom stereocenters. The SMILES string of the molecule is Nc1ccccc1S(=O)(=O)c1ccc(Cl)c(S(=O)(=O)O)c1. The van der Waals surface area contributed by atoms with Crippen LogP contribution >= 0.6 is 11.6 Å². The number of hydrogen-bond acceptors (Lipinski definition) is 5. The van der Waals surface area contributed by atoms with Gasteiger partial charge in [0.25, 0.3) is 10.1 Å². The second-order valence-corrected chi connectivity index (χ2v) is 7.82. The molecule has 0 bridgehead atoms. The van der Waals surface area contributed by atoms with Crippen molar-refractivity contribution in [3.05, 3.63) is 47.5 Å². The molecule has 3 N–H and O–H groups in total.